The smallest absolute Gasteiger partial charge is 0.223 e. The van der Waals surface area contributed by atoms with Gasteiger partial charge in [0.05, 0.1) is 19.3 Å². The SMILES string of the molecule is CCC1COCCN1C(=O)CCCNC(C)C. The monoisotopic (exact) mass is 242 g/mol. The van der Waals surface area contributed by atoms with E-state index in [1.807, 2.05) is 4.90 Å². The first kappa shape index (κ1) is 14.5. The molecule has 0 aromatic carbocycles. The summed E-state index contributed by atoms with van der Waals surface area (Å²) in [6, 6.07) is 0.784. The third-order valence-electron chi connectivity index (χ3n) is 3.14. The molecule has 0 bridgehead atoms. The van der Waals surface area contributed by atoms with Crippen molar-refractivity contribution in [1.82, 2.24) is 10.2 Å². The first-order valence-electron chi connectivity index (χ1n) is 6.75. The highest BCUT2D eigenvalue weighted by Gasteiger charge is 2.25. The molecule has 1 N–H and O–H groups in total. The van der Waals surface area contributed by atoms with Crippen molar-refractivity contribution >= 4 is 5.91 Å². The summed E-state index contributed by atoms with van der Waals surface area (Å²) in [7, 11) is 0. The first-order valence-corrected chi connectivity index (χ1v) is 6.75. The number of rotatable bonds is 6. The van der Waals surface area contributed by atoms with Crippen molar-refractivity contribution in [2.24, 2.45) is 0 Å². The molecule has 1 heterocycles. The molecule has 0 aliphatic carbocycles. The van der Waals surface area contributed by atoms with Crippen molar-refractivity contribution in [3.05, 3.63) is 0 Å². The standard InChI is InChI=1S/C13H26N2O2/c1-4-12-10-17-9-8-15(12)13(16)6-5-7-14-11(2)3/h11-12,14H,4-10H2,1-3H3. The second-order valence-electron chi connectivity index (χ2n) is 4.94. The molecule has 4 nitrogen and oxygen atoms in total. The van der Waals surface area contributed by atoms with E-state index in [-0.39, 0.29) is 11.9 Å². The van der Waals surface area contributed by atoms with E-state index in [1.165, 1.54) is 0 Å². The van der Waals surface area contributed by atoms with Crippen LogP contribution in [0.15, 0.2) is 0 Å². The van der Waals surface area contributed by atoms with Gasteiger partial charge in [0.1, 0.15) is 0 Å². The Hall–Kier alpha value is -0.610. The number of amides is 1. The summed E-state index contributed by atoms with van der Waals surface area (Å²) in [5.74, 6) is 0.283. The zero-order valence-electron chi connectivity index (χ0n) is 11.4. The van der Waals surface area contributed by atoms with Crippen LogP contribution in [0, 0.1) is 0 Å². The van der Waals surface area contributed by atoms with Gasteiger partial charge in [0.15, 0.2) is 0 Å². The average molecular weight is 242 g/mol. The van der Waals surface area contributed by atoms with E-state index in [0.29, 0.717) is 25.7 Å². The zero-order chi connectivity index (χ0) is 12.7. The summed E-state index contributed by atoms with van der Waals surface area (Å²) in [6.07, 6.45) is 2.55. The van der Waals surface area contributed by atoms with Crippen LogP contribution in [0.5, 0.6) is 0 Å². The van der Waals surface area contributed by atoms with Gasteiger partial charge in [-0.25, -0.2) is 0 Å². The molecule has 1 fully saturated rings. The summed E-state index contributed by atoms with van der Waals surface area (Å²) < 4.78 is 5.40. The Kier molecular flexibility index (Phi) is 6.52. The highest BCUT2D eigenvalue weighted by atomic mass is 16.5. The van der Waals surface area contributed by atoms with Crippen molar-refractivity contribution in [2.45, 2.75) is 52.1 Å². The Balaban J connectivity index is 2.25. The Labute approximate surface area is 105 Å². The predicted octanol–water partition coefficient (Wildman–Crippen LogP) is 1.40. The third-order valence-corrected chi connectivity index (χ3v) is 3.14. The van der Waals surface area contributed by atoms with Crippen molar-refractivity contribution in [3.8, 4) is 0 Å². The molecular formula is C13H26N2O2. The fourth-order valence-electron chi connectivity index (χ4n) is 2.10. The molecule has 1 rings (SSSR count). The number of carbonyl (C=O) groups excluding carboxylic acids is 1. The van der Waals surface area contributed by atoms with Crippen LogP contribution >= 0.6 is 0 Å². The molecule has 0 saturated carbocycles. The zero-order valence-corrected chi connectivity index (χ0v) is 11.4. The Bertz CT molecular complexity index is 231. The summed E-state index contributed by atoms with van der Waals surface area (Å²) in [6.45, 7) is 9.42. The number of hydrogen-bond donors (Lipinski definition) is 1. The van der Waals surface area contributed by atoms with Crippen molar-refractivity contribution < 1.29 is 9.53 Å². The molecule has 100 valence electrons. The topological polar surface area (TPSA) is 41.6 Å². The molecule has 0 aromatic heterocycles. The van der Waals surface area contributed by atoms with E-state index in [9.17, 15) is 4.79 Å². The predicted molar refractivity (Wildman–Crippen MR) is 69.0 cm³/mol. The summed E-state index contributed by atoms with van der Waals surface area (Å²) in [5.41, 5.74) is 0. The van der Waals surface area contributed by atoms with Gasteiger partial charge in [-0.2, -0.15) is 0 Å². The second kappa shape index (κ2) is 7.67. The lowest BCUT2D eigenvalue weighted by molar-refractivity contribution is -0.140. The molecule has 0 aromatic rings. The Morgan fingerprint density at radius 3 is 2.94 bits per heavy atom. The normalized spacial score (nSPS) is 20.9. The van der Waals surface area contributed by atoms with Crippen LogP contribution in [0.4, 0.5) is 0 Å². The van der Waals surface area contributed by atoms with E-state index in [4.69, 9.17) is 4.74 Å². The second-order valence-corrected chi connectivity index (χ2v) is 4.94. The summed E-state index contributed by atoms with van der Waals surface area (Å²) >= 11 is 0. The van der Waals surface area contributed by atoms with E-state index in [2.05, 4.69) is 26.1 Å². The van der Waals surface area contributed by atoms with Gasteiger partial charge in [-0.1, -0.05) is 20.8 Å². The van der Waals surface area contributed by atoms with Gasteiger partial charge < -0.3 is 15.0 Å². The first-order chi connectivity index (χ1) is 8.15. The molecule has 0 radical (unpaired) electrons. The summed E-state index contributed by atoms with van der Waals surface area (Å²) in [5, 5.41) is 3.33. The van der Waals surface area contributed by atoms with E-state index in [1.54, 1.807) is 0 Å². The van der Waals surface area contributed by atoms with Crippen LogP contribution in [0.3, 0.4) is 0 Å². The van der Waals surface area contributed by atoms with Crippen LogP contribution in [-0.2, 0) is 9.53 Å². The Morgan fingerprint density at radius 2 is 2.29 bits per heavy atom. The van der Waals surface area contributed by atoms with Gasteiger partial charge in [-0.3, -0.25) is 4.79 Å². The minimum atomic E-state index is 0.283. The van der Waals surface area contributed by atoms with Gasteiger partial charge in [-0.15, -0.1) is 0 Å². The van der Waals surface area contributed by atoms with Crippen LogP contribution in [-0.4, -0.2) is 49.2 Å². The van der Waals surface area contributed by atoms with Gasteiger partial charge in [0.2, 0.25) is 5.91 Å². The molecule has 1 saturated heterocycles. The fraction of sp³-hybridized carbons (Fsp3) is 0.923. The maximum atomic E-state index is 12.1. The van der Waals surface area contributed by atoms with E-state index < -0.39 is 0 Å². The molecule has 1 amide bonds. The lowest BCUT2D eigenvalue weighted by Gasteiger charge is -2.35. The average Bonchev–Trinajstić information content (AvgIpc) is 2.34. The fourth-order valence-corrected chi connectivity index (χ4v) is 2.10. The highest BCUT2D eigenvalue weighted by molar-refractivity contribution is 5.76. The third kappa shape index (κ3) is 5.04. The molecule has 1 aliphatic rings. The Morgan fingerprint density at radius 1 is 1.53 bits per heavy atom. The van der Waals surface area contributed by atoms with E-state index in [0.717, 1.165) is 25.9 Å². The molecule has 1 atom stereocenters. The minimum absolute atomic E-state index is 0.283. The van der Waals surface area contributed by atoms with Gasteiger partial charge >= 0.3 is 0 Å². The number of morpholine rings is 1. The number of hydrogen-bond acceptors (Lipinski definition) is 3. The number of ether oxygens (including phenoxy) is 1. The van der Waals surface area contributed by atoms with Gasteiger partial charge in [0, 0.05) is 19.0 Å². The minimum Gasteiger partial charge on any atom is -0.377 e. The summed E-state index contributed by atoms with van der Waals surface area (Å²) in [4.78, 5) is 14.1. The lowest BCUT2D eigenvalue weighted by atomic mass is 10.1. The molecule has 0 spiro atoms. The van der Waals surface area contributed by atoms with Crippen LogP contribution < -0.4 is 5.32 Å². The molecular weight excluding hydrogens is 216 g/mol. The number of carbonyl (C=O) groups is 1. The van der Waals surface area contributed by atoms with Crippen molar-refractivity contribution in [2.75, 3.05) is 26.3 Å². The van der Waals surface area contributed by atoms with Crippen LogP contribution in [0.1, 0.15) is 40.0 Å². The molecule has 1 aliphatic heterocycles. The molecule has 17 heavy (non-hydrogen) atoms. The van der Waals surface area contributed by atoms with Gasteiger partial charge in [-0.05, 0) is 19.4 Å². The highest BCUT2D eigenvalue weighted by Crippen LogP contribution is 2.12. The van der Waals surface area contributed by atoms with Crippen LogP contribution in [0.2, 0.25) is 0 Å². The number of nitrogens with zero attached hydrogens (tertiary/aromatic N) is 1. The maximum Gasteiger partial charge on any atom is 0.223 e. The van der Waals surface area contributed by atoms with E-state index >= 15 is 0 Å². The maximum absolute atomic E-state index is 12.1. The lowest BCUT2D eigenvalue weighted by Crippen LogP contribution is -2.48. The number of nitrogens with one attached hydrogen (secondary N) is 1. The molecule has 1 unspecified atom stereocenters. The van der Waals surface area contributed by atoms with Crippen molar-refractivity contribution in [1.29, 1.82) is 0 Å². The quantitative estimate of drug-likeness (QED) is 0.716. The molecule has 4 heteroatoms. The largest absolute Gasteiger partial charge is 0.377 e. The van der Waals surface area contributed by atoms with Crippen LogP contribution in [0.25, 0.3) is 0 Å². The van der Waals surface area contributed by atoms with Crippen molar-refractivity contribution in [3.63, 3.8) is 0 Å². The van der Waals surface area contributed by atoms with Gasteiger partial charge in [0.25, 0.3) is 0 Å².